The maximum Gasteiger partial charge on any atom is 0.252 e. The smallest absolute Gasteiger partial charge is 0.252 e. The number of hydrogen-bond acceptors (Lipinski definition) is 3. The largest absolute Gasteiger partial charge is 0.460 e. The van der Waals surface area contributed by atoms with Crippen molar-refractivity contribution in [3.8, 4) is 11.5 Å². The number of nitrogens with one attached hydrogen (secondary N) is 1. The Balaban J connectivity index is 1.73. The number of aromatic nitrogens is 1. The molecule has 0 aliphatic carbocycles. The molecule has 3 rings (SSSR count). The van der Waals surface area contributed by atoms with E-state index in [2.05, 4.69) is 17.2 Å². The molecule has 1 aromatic carbocycles. The molecule has 3 aromatic rings. The van der Waals surface area contributed by atoms with Gasteiger partial charge in [-0.25, -0.2) is 4.98 Å². The molecule has 2 heterocycles. The van der Waals surface area contributed by atoms with Crippen LogP contribution in [0, 0.1) is 6.92 Å². The summed E-state index contributed by atoms with van der Waals surface area (Å²) >= 11 is 0. The predicted molar refractivity (Wildman–Crippen MR) is 110 cm³/mol. The van der Waals surface area contributed by atoms with Gasteiger partial charge < -0.3 is 9.73 Å². The monoisotopic (exact) mass is 364 g/mol. The number of unbranched alkanes of at least 4 members (excludes halogenated alkanes) is 5. The van der Waals surface area contributed by atoms with Gasteiger partial charge in [0.15, 0.2) is 5.76 Å². The molecule has 0 spiro atoms. The minimum atomic E-state index is -0.0494. The lowest BCUT2D eigenvalue weighted by molar-refractivity contribution is 0.0954. The third kappa shape index (κ3) is 4.97. The standard InChI is InChI=1S/C23H28N2O2/c1-3-4-5-6-7-10-15-24-23(26)19-16-21(22-14-13-17(2)27-22)25-20-12-9-8-11-18(19)20/h8-9,11-14,16H,3-7,10,15H2,1-2H3,(H,24,26). The highest BCUT2D eigenvalue weighted by molar-refractivity contribution is 6.07. The number of pyridine rings is 1. The average Bonchev–Trinajstić information content (AvgIpc) is 3.12. The summed E-state index contributed by atoms with van der Waals surface area (Å²) in [5.74, 6) is 1.46. The van der Waals surface area contributed by atoms with Crippen molar-refractivity contribution >= 4 is 16.8 Å². The number of hydrogen-bond donors (Lipinski definition) is 1. The first-order valence-corrected chi connectivity index (χ1v) is 9.94. The molecule has 27 heavy (non-hydrogen) atoms. The minimum absolute atomic E-state index is 0.0494. The first-order chi connectivity index (χ1) is 13.2. The van der Waals surface area contributed by atoms with E-state index in [9.17, 15) is 4.79 Å². The van der Waals surface area contributed by atoms with Gasteiger partial charge in [-0.15, -0.1) is 0 Å². The second-order valence-electron chi connectivity index (χ2n) is 7.01. The van der Waals surface area contributed by atoms with Crippen molar-refractivity contribution in [3.63, 3.8) is 0 Å². The summed E-state index contributed by atoms with van der Waals surface area (Å²) in [6, 6.07) is 13.4. The molecule has 0 atom stereocenters. The summed E-state index contributed by atoms with van der Waals surface area (Å²) in [5.41, 5.74) is 2.14. The van der Waals surface area contributed by atoms with Crippen LogP contribution in [0.2, 0.25) is 0 Å². The number of fused-ring (bicyclic) bond motifs is 1. The van der Waals surface area contributed by atoms with Crippen molar-refractivity contribution in [3.05, 3.63) is 53.8 Å². The summed E-state index contributed by atoms with van der Waals surface area (Å²) in [6.07, 6.45) is 7.25. The predicted octanol–water partition coefficient (Wildman–Crippen LogP) is 5.89. The van der Waals surface area contributed by atoms with Crippen LogP contribution in [0.5, 0.6) is 0 Å². The quantitative estimate of drug-likeness (QED) is 0.481. The fourth-order valence-corrected chi connectivity index (χ4v) is 3.26. The molecular weight excluding hydrogens is 336 g/mol. The fourth-order valence-electron chi connectivity index (χ4n) is 3.26. The van der Waals surface area contributed by atoms with Crippen LogP contribution in [0.1, 0.15) is 61.6 Å². The molecule has 1 N–H and O–H groups in total. The number of para-hydroxylation sites is 1. The van der Waals surface area contributed by atoms with Crippen LogP contribution in [0.15, 0.2) is 46.9 Å². The third-order valence-corrected chi connectivity index (χ3v) is 4.77. The molecule has 0 saturated heterocycles. The van der Waals surface area contributed by atoms with Crippen LogP contribution in [0.3, 0.4) is 0 Å². The average molecular weight is 364 g/mol. The maximum atomic E-state index is 12.8. The Morgan fingerprint density at radius 3 is 2.59 bits per heavy atom. The Morgan fingerprint density at radius 2 is 1.81 bits per heavy atom. The lowest BCUT2D eigenvalue weighted by Crippen LogP contribution is -2.24. The number of furan rings is 1. The van der Waals surface area contributed by atoms with Crippen LogP contribution in [-0.4, -0.2) is 17.4 Å². The van der Waals surface area contributed by atoms with Gasteiger partial charge in [0.05, 0.1) is 11.1 Å². The molecule has 142 valence electrons. The maximum absolute atomic E-state index is 12.8. The van der Waals surface area contributed by atoms with E-state index in [1.54, 1.807) is 0 Å². The number of aryl methyl sites for hydroxylation is 1. The van der Waals surface area contributed by atoms with Gasteiger partial charge in [0.1, 0.15) is 11.5 Å². The molecule has 0 unspecified atom stereocenters. The molecule has 0 saturated carbocycles. The van der Waals surface area contributed by atoms with Crippen LogP contribution >= 0.6 is 0 Å². The number of nitrogens with zero attached hydrogens (tertiary/aromatic N) is 1. The number of carbonyl (C=O) groups excluding carboxylic acids is 1. The second kappa shape index (κ2) is 9.36. The lowest BCUT2D eigenvalue weighted by atomic mass is 10.1. The zero-order valence-electron chi connectivity index (χ0n) is 16.3. The highest BCUT2D eigenvalue weighted by Gasteiger charge is 2.15. The molecule has 0 aliphatic heterocycles. The molecule has 0 fully saturated rings. The summed E-state index contributed by atoms with van der Waals surface area (Å²) in [7, 11) is 0. The Bertz CT molecular complexity index is 898. The van der Waals surface area contributed by atoms with E-state index in [1.165, 1.54) is 25.7 Å². The SMILES string of the molecule is CCCCCCCCNC(=O)c1cc(-c2ccc(C)o2)nc2ccccc12. The Labute approximate surface area is 161 Å². The molecule has 1 amide bonds. The molecule has 2 aromatic heterocycles. The summed E-state index contributed by atoms with van der Waals surface area (Å²) in [6.45, 7) is 4.83. The molecule has 4 heteroatoms. The molecule has 4 nitrogen and oxygen atoms in total. The first kappa shape index (κ1) is 19.2. The molecule has 0 radical (unpaired) electrons. The topological polar surface area (TPSA) is 55.1 Å². The number of amides is 1. The van der Waals surface area contributed by atoms with Gasteiger partial charge in [-0.3, -0.25) is 4.79 Å². The van der Waals surface area contributed by atoms with E-state index in [0.29, 0.717) is 23.6 Å². The first-order valence-electron chi connectivity index (χ1n) is 9.94. The van der Waals surface area contributed by atoms with Gasteiger partial charge >= 0.3 is 0 Å². The van der Waals surface area contributed by atoms with Crippen molar-refractivity contribution in [2.24, 2.45) is 0 Å². The number of carbonyl (C=O) groups is 1. The zero-order valence-corrected chi connectivity index (χ0v) is 16.3. The van der Waals surface area contributed by atoms with Crippen molar-refractivity contribution in [2.75, 3.05) is 6.54 Å². The second-order valence-corrected chi connectivity index (χ2v) is 7.01. The van der Waals surface area contributed by atoms with E-state index < -0.39 is 0 Å². The lowest BCUT2D eigenvalue weighted by Gasteiger charge is -2.10. The van der Waals surface area contributed by atoms with Gasteiger partial charge in [-0.1, -0.05) is 57.2 Å². The Hall–Kier alpha value is -2.62. The normalized spacial score (nSPS) is 11.0. The Kier molecular flexibility index (Phi) is 6.64. The van der Waals surface area contributed by atoms with Crippen molar-refractivity contribution in [2.45, 2.75) is 52.4 Å². The molecule has 0 bridgehead atoms. The third-order valence-electron chi connectivity index (χ3n) is 4.77. The van der Waals surface area contributed by atoms with E-state index >= 15 is 0 Å². The molecular formula is C23H28N2O2. The van der Waals surface area contributed by atoms with Crippen molar-refractivity contribution in [1.29, 1.82) is 0 Å². The van der Waals surface area contributed by atoms with Gasteiger partial charge in [-0.05, 0) is 37.6 Å². The van der Waals surface area contributed by atoms with Crippen LogP contribution in [0.4, 0.5) is 0 Å². The fraction of sp³-hybridized carbons (Fsp3) is 0.391. The summed E-state index contributed by atoms with van der Waals surface area (Å²) in [5, 5.41) is 3.93. The highest BCUT2D eigenvalue weighted by atomic mass is 16.3. The highest BCUT2D eigenvalue weighted by Crippen LogP contribution is 2.26. The zero-order chi connectivity index (χ0) is 19.1. The van der Waals surface area contributed by atoms with Crippen LogP contribution in [0.25, 0.3) is 22.4 Å². The van der Waals surface area contributed by atoms with Crippen LogP contribution in [-0.2, 0) is 0 Å². The van der Waals surface area contributed by atoms with E-state index in [4.69, 9.17) is 4.42 Å². The Morgan fingerprint density at radius 1 is 1.04 bits per heavy atom. The van der Waals surface area contributed by atoms with Gasteiger partial charge in [-0.2, -0.15) is 0 Å². The van der Waals surface area contributed by atoms with Crippen LogP contribution < -0.4 is 5.32 Å². The van der Waals surface area contributed by atoms with Gasteiger partial charge in [0.25, 0.3) is 5.91 Å². The van der Waals surface area contributed by atoms with Gasteiger partial charge in [0, 0.05) is 11.9 Å². The molecule has 0 aliphatic rings. The van der Waals surface area contributed by atoms with E-state index in [-0.39, 0.29) is 5.91 Å². The number of rotatable bonds is 9. The van der Waals surface area contributed by atoms with Crippen molar-refractivity contribution in [1.82, 2.24) is 10.3 Å². The number of benzene rings is 1. The van der Waals surface area contributed by atoms with Crippen molar-refractivity contribution < 1.29 is 9.21 Å². The summed E-state index contributed by atoms with van der Waals surface area (Å²) in [4.78, 5) is 17.5. The van der Waals surface area contributed by atoms with E-state index in [1.807, 2.05) is 49.4 Å². The van der Waals surface area contributed by atoms with E-state index in [0.717, 1.165) is 29.5 Å². The minimum Gasteiger partial charge on any atom is -0.460 e. The van der Waals surface area contributed by atoms with Gasteiger partial charge in [0.2, 0.25) is 0 Å². The summed E-state index contributed by atoms with van der Waals surface area (Å²) < 4.78 is 5.70.